The largest absolute Gasteiger partial charge is 0.573 e. The minimum absolute atomic E-state index is 0.0150. The molecule has 0 atom stereocenters. The van der Waals surface area contributed by atoms with E-state index in [1.54, 1.807) is 18.3 Å². The number of aromatic nitrogens is 5. The van der Waals surface area contributed by atoms with Gasteiger partial charge in [0, 0.05) is 32.5 Å². The van der Waals surface area contributed by atoms with Crippen molar-refractivity contribution >= 4 is 11.2 Å². The van der Waals surface area contributed by atoms with Crippen LogP contribution in [0.5, 0.6) is 17.5 Å². The van der Waals surface area contributed by atoms with Crippen LogP contribution in [0.4, 0.5) is 13.2 Å². The molecule has 1 N–H and O–H groups in total. The lowest BCUT2D eigenvalue weighted by molar-refractivity contribution is -0.274. The first-order valence-electron chi connectivity index (χ1n) is 10.8. The summed E-state index contributed by atoms with van der Waals surface area (Å²) in [6.45, 7) is 1.66. The number of benzene rings is 1. The maximum atomic E-state index is 13.3. The van der Waals surface area contributed by atoms with Crippen LogP contribution in [-0.4, -0.2) is 41.7 Å². The zero-order valence-corrected chi connectivity index (χ0v) is 19.3. The third-order valence-corrected chi connectivity index (χ3v) is 5.28. The third-order valence-electron chi connectivity index (χ3n) is 5.28. The highest BCUT2D eigenvalue weighted by molar-refractivity contribution is 5.72. The third kappa shape index (κ3) is 5.25. The van der Waals surface area contributed by atoms with E-state index >= 15 is 0 Å². The molecule has 0 bridgehead atoms. The second-order valence-corrected chi connectivity index (χ2v) is 7.98. The summed E-state index contributed by atoms with van der Waals surface area (Å²) in [7, 11) is 1.43. The Hall–Kier alpha value is -4.13. The van der Waals surface area contributed by atoms with E-state index in [9.17, 15) is 27.9 Å². The minimum atomic E-state index is -4.89. The first-order valence-corrected chi connectivity index (χ1v) is 10.8. The van der Waals surface area contributed by atoms with Gasteiger partial charge in [-0.3, -0.25) is 23.5 Å². The Morgan fingerprint density at radius 1 is 1.08 bits per heavy atom. The topological polar surface area (TPSA) is 113 Å². The van der Waals surface area contributed by atoms with Crippen LogP contribution >= 0.6 is 0 Å². The molecule has 3 heterocycles. The molecule has 36 heavy (non-hydrogen) atoms. The second-order valence-electron chi connectivity index (χ2n) is 7.98. The minimum Gasteiger partial charge on any atom is -0.425 e. The summed E-state index contributed by atoms with van der Waals surface area (Å²) in [4.78, 5) is 34.8. The van der Waals surface area contributed by atoms with Crippen molar-refractivity contribution in [3.63, 3.8) is 0 Å². The predicted octanol–water partition coefficient (Wildman–Crippen LogP) is 2.72. The zero-order chi connectivity index (χ0) is 26.0. The molecule has 4 rings (SSSR count). The Labute approximate surface area is 201 Å². The van der Waals surface area contributed by atoms with Gasteiger partial charge in [0.25, 0.3) is 5.56 Å². The van der Waals surface area contributed by atoms with Gasteiger partial charge < -0.3 is 14.6 Å². The van der Waals surface area contributed by atoms with Crippen molar-refractivity contribution in [3.8, 4) is 17.5 Å². The van der Waals surface area contributed by atoms with Crippen LogP contribution in [0.25, 0.3) is 11.2 Å². The van der Waals surface area contributed by atoms with Gasteiger partial charge in [-0.2, -0.15) is 4.98 Å². The zero-order valence-electron chi connectivity index (χ0n) is 19.3. The summed E-state index contributed by atoms with van der Waals surface area (Å²) in [5, 5.41) is 9.18. The standard InChI is InChI=1S/C23H22F3N5O5/c1-14-7-8-27-15(11-14)13-31-18-19(29(2)22(34)30(20(18)33)9-4-10-32)28-21(31)35-16-5-3-6-17(12-16)36-23(24,25)26/h3,5-8,11-12,32H,4,9-10,13H2,1-2H3. The molecular weight excluding hydrogens is 483 g/mol. The van der Waals surface area contributed by atoms with Crippen molar-refractivity contribution in [2.45, 2.75) is 32.8 Å². The van der Waals surface area contributed by atoms with E-state index in [0.29, 0.717) is 5.69 Å². The molecule has 0 saturated heterocycles. The average Bonchev–Trinajstić information content (AvgIpc) is 3.15. The molecule has 0 spiro atoms. The normalized spacial score (nSPS) is 11.7. The summed E-state index contributed by atoms with van der Waals surface area (Å²) in [6.07, 6.45) is -3.11. The Balaban J connectivity index is 1.88. The number of rotatable bonds is 8. The number of ether oxygens (including phenoxy) is 2. The average molecular weight is 505 g/mol. The SMILES string of the molecule is Cc1ccnc(Cn2c(Oc3cccc(OC(F)(F)F)c3)nc3c2c(=O)n(CCCO)c(=O)n3C)c1. The molecule has 0 unspecified atom stereocenters. The van der Waals surface area contributed by atoms with Crippen LogP contribution < -0.4 is 20.7 Å². The highest BCUT2D eigenvalue weighted by Gasteiger charge is 2.31. The lowest BCUT2D eigenvalue weighted by atomic mass is 10.2. The number of aliphatic hydroxyl groups is 1. The van der Waals surface area contributed by atoms with Crippen LogP contribution in [0.3, 0.4) is 0 Å². The second kappa shape index (κ2) is 9.85. The van der Waals surface area contributed by atoms with Gasteiger partial charge in [0.1, 0.15) is 11.5 Å². The Bertz CT molecular complexity index is 1520. The molecular formula is C23H22F3N5O5. The fraction of sp³-hybridized carbons (Fsp3) is 0.304. The van der Waals surface area contributed by atoms with Crippen molar-refractivity contribution in [1.29, 1.82) is 0 Å². The summed E-state index contributed by atoms with van der Waals surface area (Å²) < 4.78 is 51.3. The number of aryl methyl sites for hydroxylation is 2. The van der Waals surface area contributed by atoms with E-state index in [1.165, 1.54) is 28.3 Å². The molecule has 0 aliphatic rings. The van der Waals surface area contributed by atoms with Gasteiger partial charge in [-0.15, -0.1) is 13.2 Å². The van der Waals surface area contributed by atoms with Gasteiger partial charge in [0.2, 0.25) is 0 Å². The number of pyridine rings is 1. The monoisotopic (exact) mass is 505 g/mol. The Morgan fingerprint density at radius 3 is 2.53 bits per heavy atom. The fourth-order valence-corrected chi connectivity index (χ4v) is 3.69. The number of aliphatic hydroxyl groups excluding tert-OH is 1. The maximum Gasteiger partial charge on any atom is 0.573 e. The van der Waals surface area contributed by atoms with Crippen LogP contribution in [0.15, 0.2) is 52.2 Å². The number of imidazole rings is 1. The van der Waals surface area contributed by atoms with Gasteiger partial charge in [0.05, 0.1) is 12.2 Å². The Morgan fingerprint density at radius 2 is 1.83 bits per heavy atom. The summed E-state index contributed by atoms with van der Waals surface area (Å²) in [6, 6.07) is 8.30. The van der Waals surface area contributed by atoms with Gasteiger partial charge in [-0.25, -0.2) is 4.79 Å². The summed E-state index contributed by atoms with van der Waals surface area (Å²) in [5.74, 6) is -0.530. The van der Waals surface area contributed by atoms with Gasteiger partial charge in [0.15, 0.2) is 11.2 Å². The van der Waals surface area contributed by atoms with E-state index in [0.717, 1.165) is 22.3 Å². The molecule has 190 valence electrons. The molecule has 0 amide bonds. The fourth-order valence-electron chi connectivity index (χ4n) is 3.69. The van der Waals surface area contributed by atoms with E-state index in [4.69, 9.17) is 4.74 Å². The number of hydrogen-bond donors (Lipinski definition) is 1. The molecule has 3 aromatic heterocycles. The molecule has 10 nitrogen and oxygen atoms in total. The van der Waals surface area contributed by atoms with Gasteiger partial charge in [-0.05, 0) is 43.2 Å². The molecule has 0 saturated carbocycles. The Kier molecular flexibility index (Phi) is 6.84. The van der Waals surface area contributed by atoms with E-state index in [2.05, 4.69) is 14.7 Å². The lowest BCUT2D eigenvalue weighted by Crippen LogP contribution is -2.39. The molecule has 0 aliphatic carbocycles. The molecule has 0 aliphatic heterocycles. The van der Waals surface area contributed by atoms with Crippen molar-refractivity contribution in [3.05, 3.63) is 74.7 Å². The number of nitrogens with zero attached hydrogens (tertiary/aromatic N) is 5. The van der Waals surface area contributed by atoms with Crippen LogP contribution in [0.1, 0.15) is 17.7 Å². The molecule has 0 fully saturated rings. The number of alkyl halides is 3. The lowest BCUT2D eigenvalue weighted by Gasteiger charge is -2.12. The van der Waals surface area contributed by atoms with Crippen molar-refractivity contribution in [2.24, 2.45) is 7.05 Å². The maximum absolute atomic E-state index is 13.3. The number of fused-ring (bicyclic) bond motifs is 1. The van der Waals surface area contributed by atoms with Gasteiger partial charge in [-0.1, -0.05) is 6.07 Å². The van der Waals surface area contributed by atoms with Crippen LogP contribution in [0, 0.1) is 6.92 Å². The van der Waals surface area contributed by atoms with Crippen molar-refractivity contribution in [1.82, 2.24) is 23.7 Å². The molecule has 13 heteroatoms. The van der Waals surface area contributed by atoms with Crippen molar-refractivity contribution in [2.75, 3.05) is 6.61 Å². The molecule has 1 aromatic carbocycles. The quantitative estimate of drug-likeness (QED) is 0.392. The number of halogens is 3. The highest BCUT2D eigenvalue weighted by atomic mass is 19.4. The molecule has 4 aromatic rings. The first kappa shape index (κ1) is 25.0. The van der Waals surface area contributed by atoms with Crippen LogP contribution in [0.2, 0.25) is 0 Å². The van der Waals surface area contributed by atoms with E-state index in [-0.39, 0.29) is 49.0 Å². The highest BCUT2D eigenvalue weighted by Crippen LogP contribution is 2.30. The smallest absolute Gasteiger partial charge is 0.425 e. The predicted molar refractivity (Wildman–Crippen MR) is 122 cm³/mol. The first-order chi connectivity index (χ1) is 17.1. The van der Waals surface area contributed by atoms with E-state index < -0.39 is 23.4 Å². The summed E-state index contributed by atoms with van der Waals surface area (Å²) >= 11 is 0. The van der Waals surface area contributed by atoms with Crippen molar-refractivity contribution < 1.29 is 27.8 Å². The summed E-state index contributed by atoms with van der Waals surface area (Å²) in [5.41, 5.74) is 0.254. The van der Waals surface area contributed by atoms with Crippen LogP contribution in [-0.2, 0) is 20.1 Å². The van der Waals surface area contributed by atoms with Gasteiger partial charge >= 0.3 is 18.1 Å². The van der Waals surface area contributed by atoms with E-state index in [1.807, 2.05) is 6.92 Å². The molecule has 0 radical (unpaired) electrons. The number of hydrogen-bond acceptors (Lipinski definition) is 7.